The molecule has 0 N–H and O–H groups in total. The van der Waals surface area contributed by atoms with Crippen molar-refractivity contribution >= 4 is 5.78 Å². The van der Waals surface area contributed by atoms with Gasteiger partial charge in [0.15, 0.2) is 5.78 Å². The Labute approximate surface area is 144 Å². The summed E-state index contributed by atoms with van der Waals surface area (Å²) in [6, 6.07) is 18.5. The average molecular weight is 319 g/mol. The van der Waals surface area contributed by atoms with Crippen LogP contribution >= 0.6 is 0 Å². The van der Waals surface area contributed by atoms with Gasteiger partial charge in [-0.1, -0.05) is 54.6 Å². The van der Waals surface area contributed by atoms with Crippen molar-refractivity contribution in [3.8, 4) is 11.1 Å². The van der Waals surface area contributed by atoms with E-state index in [-0.39, 0.29) is 5.92 Å². The second kappa shape index (κ2) is 6.90. The van der Waals surface area contributed by atoms with E-state index in [0.717, 1.165) is 30.9 Å². The maximum Gasteiger partial charge on any atom is 0.167 e. The minimum atomic E-state index is 0.181. The average Bonchev–Trinajstić information content (AvgIpc) is 3.46. The van der Waals surface area contributed by atoms with Crippen molar-refractivity contribution in [1.29, 1.82) is 0 Å². The first-order valence-electron chi connectivity index (χ1n) is 9.21. The first-order chi connectivity index (χ1) is 11.8. The molecule has 2 aliphatic rings. The maximum absolute atomic E-state index is 12.9. The van der Waals surface area contributed by atoms with E-state index in [4.69, 9.17) is 0 Å². The lowest BCUT2D eigenvalue weighted by molar-refractivity contribution is 0.0814. The van der Waals surface area contributed by atoms with Crippen molar-refractivity contribution in [3.63, 3.8) is 0 Å². The van der Waals surface area contributed by atoms with Crippen LogP contribution in [0.25, 0.3) is 11.1 Å². The minimum absolute atomic E-state index is 0.181. The third-order valence-corrected chi connectivity index (χ3v) is 5.37. The molecule has 1 heterocycles. The number of rotatable bonds is 5. The molecule has 1 aliphatic carbocycles. The molecular formula is C22H25NO. The lowest BCUT2D eigenvalue weighted by atomic mass is 9.89. The molecule has 1 unspecified atom stereocenters. The van der Waals surface area contributed by atoms with Gasteiger partial charge in [-0.25, -0.2) is 0 Å². The first-order valence-corrected chi connectivity index (χ1v) is 9.21. The fourth-order valence-corrected chi connectivity index (χ4v) is 3.79. The fraction of sp³-hybridized carbons (Fsp3) is 0.409. The third-order valence-electron chi connectivity index (χ3n) is 5.37. The van der Waals surface area contributed by atoms with Crippen LogP contribution in [0.3, 0.4) is 0 Å². The summed E-state index contributed by atoms with van der Waals surface area (Å²) >= 11 is 0. The molecule has 0 spiro atoms. The van der Waals surface area contributed by atoms with Gasteiger partial charge in [0.1, 0.15) is 0 Å². The van der Waals surface area contributed by atoms with Gasteiger partial charge in [-0.2, -0.15) is 0 Å². The summed E-state index contributed by atoms with van der Waals surface area (Å²) in [5, 5.41) is 0. The number of ketones is 1. The van der Waals surface area contributed by atoms with Gasteiger partial charge >= 0.3 is 0 Å². The van der Waals surface area contributed by atoms with Crippen LogP contribution in [0.15, 0.2) is 54.6 Å². The molecule has 24 heavy (non-hydrogen) atoms. The molecule has 4 rings (SSSR count). The normalized spacial score (nSPS) is 21.6. The molecular weight excluding hydrogens is 294 g/mol. The Kier molecular flexibility index (Phi) is 4.48. The SMILES string of the molecule is O=C(c1ccc(-c2ccccc2)cc1)C1CCCN(CC2CC2)C1. The zero-order valence-electron chi connectivity index (χ0n) is 14.2. The molecule has 1 aliphatic heterocycles. The molecule has 1 saturated carbocycles. The van der Waals surface area contributed by atoms with Crippen LogP contribution in [0.5, 0.6) is 0 Å². The Morgan fingerprint density at radius 3 is 2.33 bits per heavy atom. The van der Waals surface area contributed by atoms with Crippen molar-refractivity contribution in [1.82, 2.24) is 4.90 Å². The molecule has 2 nitrogen and oxygen atoms in total. The van der Waals surface area contributed by atoms with Gasteiger partial charge < -0.3 is 4.90 Å². The number of carbonyl (C=O) groups is 1. The molecule has 2 heteroatoms. The number of likely N-dealkylation sites (tertiary alicyclic amines) is 1. The van der Waals surface area contributed by atoms with Gasteiger partial charge in [-0.3, -0.25) is 4.79 Å². The number of hydrogen-bond acceptors (Lipinski definition) is 2. The van der Waals surface area contributed by atoms with Gasteiger partial charge in [0.2, 0.25) is 0 Å². The van der Waals surface area contributed by atoms with E-state index in [0.29, 0.717) is 5.78 Å². The molecule has 2 fully saturated rings. The van der Waals surface area contributed by atoms with E-state index in [1.807, 2.05) is 30.3 Å². The number of carbonyl (C=O) groups excluding carboxylic acids is 1. The molecule has 124 valence electrons. The van der Waals surface area contributed by atoms with Crippen molar-refractivity contribution in [3.05, 3.63) is 60.2 Å². The molecule has 0 aromatic heterocycles. The zero-order chi connectivity index (χ0) is 16.4. The molecule has 1 saturated heterocycles. The first kappa shape index (κ1) is 15.6. The number of nitrogens with zero attached hydrogens (tertiary/aromatic N) is 1. The zero-order valence-corrected chi connectivity index (χ0v) is 14.2. The second-order valence-corrected chi connectivity index (χ2v) is 7.35. The standard InChI is InChI=1S/C22H25NO/c24-22(21-7-4-14-23(16-21)15-17-8-9-17)20-12-10-19(11-13-20)18-5-2-1-3-6-18/h1-3,5-6,10-13,17,21H,4,7-9,14-16H2. The second-order valence-electron chi connectivity index (χ2n) is 7.35. The third kappa shape index (κ3) is 3.59. The lowest BCUT2D eigenvalue weighted by Gasteiger charge is -2.32. The van der Waals surface area contributed by atoms with Crippen LogP contribution in [0.4, 0.5) is 0 Å². The summed E-state index contributed by atoms with van der Waals surface area (Å²) in [6.07, 6.45) is 4.97. The maximum atomic E-state index is 12.9. The molecule has 0 radical (unpaired) electrons. The van der Waals surface area contributed by atoms with E-state index in [1.165, 1.54) is 37.1 Å². The summed E-state index contributed by atoms with van der Waals surface area (Å²) in [4.78, 5) is 15.4. The predicted molar refractivity (Wildman–Crippen MR) is 98.1 cm³/mol. The summed E-state index contributed by atoms with van der Waals surface area (Å²) in [6.45, 7) is 3.33. The highest BCUT2D eigenvalue weighted by molar-refractivity contribution is 5.98. The monoisotopic (exact) mass is 319 g/mol. The van der Waals surface area contributed by atoms with Crippen molar-refractivity contribution < 1.29 is 4.79 Å². The van der Waals surface area contributed by atoms with E-state index in [9.17, 15) is 4.79 Å². The summed E-state index contributed by atoms with van der Waals surface area (Å²) in [5.41, 5.74) is 3.24. The lowest BCUT2D eigenvalue weighted by Crippen LogP contribution is -2.39. The van der Waals surface area contributed by atoms with Crippen molar-refractivity contribution in [2.24, 2.45) is 11.8 Å². The Hall–Kier alpha value is -1.93. The fourth-order valence-electron chi connectivity index (χ4n) is 3.79. The highest BCUT2D eigenvalue weighted by Crippen LogP contribution is 2.32. The van der Waals surface area contributed by atoms with Crippen LogP contribution in [0.1, 0.15) is 36.0 Å². The number of benzene rings is 2. The van der Waals surface area contributed by atoms with Gasteiger partial charge in [0.05, 0.1) is 0 Å². The molecule has 2 aromatic rings. The Bertz CT molecular complexity index is 688. The number of hydrogen-bond donors (Lipinski definition) is 0. The van der Waals surface area contributed by atoms with Gasteiger partial charge in [0.25, 0.3) is 0 Å². The molecule has 0 bridgehead atoms. The van der Waals surface area contributed by atoms with E-state index in [1.54, 1.807) is 0 Å². The van der Waals surface area contributed by atoms with E-state index in [2.05, 4.69) is 29.2 Å². The summed E-state index contributed by atoms with van der Waals surface area (Å²) < 4.78 is 0. The van der Waals surface area contributed by atoms with Crippen molar-refractivity contribution in [2.75, 3.05) is 19.6 Å². The quantitative estimate of drug-likeness (QED) is 0.747. The van der Waals surface area contributed by atoms with Crippen molar-refractivity contribution in [2.45, 2.75) is 25.7 Å². The van der Waals surface area contributed by atoms with Gasteiger partial charge in [0, 0.05) is 24.6 Å². The Morgan fingerprint density at radius 1 is 0.917 bits per heavy atom. The van der Waals surface area contributed by atoms with Crippen LogP contribution in [-0.2, 0) is 0 Å². The number of piperidine rings is 1. The largest absolute Gasteiger partial charge is 0.302 e. The minimum Gasteiger partial charge on any atom is -0.302 e. The summed E-state index contributed by atoms with van der Waals surface area (Å²) in [5.74, 6) is 1.42. The Balaban J connectivity index is 1.43. The van der Waals surface area contributed by atoms with Crippen LogP contribution in [-0.4, -0.2) is 30.3 Å². The molecule has 0 amide bonds. The van der Waals surface area contributed by atoms with Gasteiger partial charge in [-0.05, 0) is 49.3 Å². The van der Waals surface area contributed by atoms with Gasteiger partial charge in [-0.15, -0.1) is 0 Å². The topological polar surface area (TPSA) is 20.3 Å². The predicted octanol–water partition coefficient (Wildman–Crippen LogP) is 4.66. The summed E-state index contributed by atoms with van der Waals surface area (Å²) in [7, 11) is 0. The van der Waals surface area contributed by atoms with E-state index < -0.39 is 0 Å². The highest BCUT2D eigenvalue weighted by Gasteiger charge is 2.30. The molecule has 1 atom stereocenters. The highest BCUT2D eigenvalue weighted by atomic mass is 16.1. The smallest absolute Gasteiger partial charge is 0.167 e. The van der Waals surface area contributed by atoms with Crippen LogP contribution < -0.4 is 0 Å². The molecule has 2 aromatic carbocycles. The Morgan fingerprint density at radius 2 is 1.62 bits per heavy atom. The van der Waals surface area contributed by atoms with Crippen LogP contribution in [0.2, 0.25) is 0 Å². The number of Topliss-reactive ketones (excluding diaryl/α,β-unsaturated/α-hetero) is 1. The van der Waals surface area contributed by atoms with Crippen LogP contribution in [0, 0.1) is 11.8 Å². The van der Waals surface area contributed by atoms with E-state index >= 15 is 0 Å².